The van der Waals surface area contributed by atoms with Crippen LogP contribution < -0.4 is 5.73 Å². The molecular weight excluding hydrogens is 251 g/mol. The highest BCUT2D eigenvalue weighted by Crippen LogP contribution is 2.27. The van der Waals surface area contributed by atoms with Gasteiger partial charge in [-0.05, 0) is 62.4 Å². The highest BCUT2D eigenvalue weighted by atomic mass is 19.1. The Morgan fingerprint density at radius 1 is 1.40 bits per heavy atom. The van der Waals surface area contributed by atoms with Gasteiger partial charge < -0.3 is 10.6 Å². The summed E-state index contributed by atoms with van der Waals surface area (Å²) in [5.41, 5.74) is 7.79. The zero-order chi connectivity index (χ0) is 14.5. The molecule has 0 aliphatic heterocycles. The van der Waals surface area contributed by atoms with Gasteiger partial charge in [-0.1, -0.05) is 25.5 Å². The second-order valence-corrected chi connectivity index (χ2v) is 6.09. The smallest absolute Gasteiger partial charge is 0.126 e. The van der Waals surface area contributed by atoms with Crippen molar-refractivity contribution < 1.29 is 4.39 Å². The van der Waals surface area contributed by atoms with Gasteiger partial charge in [0.1, 0.15) is 5.82 Å². The fourth-order valence-electron chi connectivity index (χ4n) is 2.75. The molecule has 1 saturated carbocycles. The number of aryl methyl sites for hydroxylation is 1. The SMILES string of the molecule is CCN(CCC(N)c1ccc(C)c(F)c1)CC1CCC1. The van der Waals surface area contributed by atoms with Gasteiger partial charge in [0.15, 0.2) is 0 Å². The van der Waals surface area contributed by atoms with E-state index in [0.717, 1.165) is 31.0 Å². The Balaban J connectivity index is 1.83. The third-order valence-corrected chi connectivity index (χ3v) is 4.57. The van der Waals surface area contributed by atoms with Crippen molar-refractivity contribution >= 4 is 0 Å². The lowest BCUT2D eigenvalue weighted by atomic mass is 9.85. The summed E-state index contributed by atoms with van der Waals surface area (Å²) in [6.07, 6.45) is 5.05. The number of halogens is 1. The highest BCUT2D eigenvalue weighted by molar-refractivity contribution is 5.25. The van der Waals surface area contributed by atoms with E-state index in [0.29, 0.717) is 5.56 Å². The molecule has 1 aliphatic rings. The van der Waals surface area contributed by atoms with Crippen LogP contribution in [-0.2, 0) is 0 Å². The van der Waals surface area contributed by atoms with Crippen molar-refractivity contribution in [1.82, 2.24) is 4.90 Å². The van der Waals surface area contributed by atoms with Crippen LogP contribution in [0, 0.1) is 18.7 Å². The Bertz CT molecular complexity index is 429. The van der Waals surface area contributed by atoms with E-state index in [1.54, 1.807) is 13.0 Å². The molecule has 1 atom stereocenters. The predicted octanol–water partition coefficient (Wildman–Crippen LogP) is 3.65. The number of hydrogen-bond donors (Lipinski definition) is 1. The minimum atomic E-state index is -0.153. The molecule has 1 unspecified atom stereocenters. The molecule has 20 heavy (non-hydrogen) atoms. The zero-order valence-electron chi connectivity index (χ0n) is 12.7. The molecular formula is C17H27FN2. The van der Waals surface area contributed by atoms with Gasteiger partial charge in [0.2, 0.25) is 0 Å². The van der Waals surface area contributed by atoms with Crippen LogP contribution >= 0.6 is 0 Å². The van der Waals surface area contributed by atoms with Crippen LogP contribution in [0.3, 0.4) is 0 Å². The third-order valence-electron chi connectivity index (χ3n) is 4.57. The molecule has 0 amide bonds. The first kappa shape index (κ1) is 15.5. The van der Waals surface area contributed by atoms with Crippen molar-refractivity contribution in [2.75, 3.05) is 19.6 Å². The maximum Gasteiger partial charge on any atom is 0.126 e. The van der Waals surface area contributed by atoms with Gasteiger partial charge in [0, 0.05) is 12.6 Å². The molecule has 1 aliphatic carbocycles. The minimum absolute atomic E-state index is 0.0689. The average molecular weight is 278 g/mol. The molecule has 0 radical (unpaired) electrons. The molecule has 112 valence electrons. The summed E-state index contributed by atoms with van der Waals surface area (Å²) < 4.78 is 13.6. The summed E-state index contributed by atoms with van der Waals surface area (Å²) in [4.78, 5) is 2.48. The van der Waals surface area contributed by atoms with E-state index < -0.39 is 0 Å². The van der Waals surface area contributed by atoms with Crippen LogP contribution in [0.2, 0.25) is 0 Å². The lowest BCUT2D eigenvalue weighted by Crippen LogP contribution is -2.34. The van der Waals surface area contributed by atoms with Gasteiger partial charge in [-0.2, -0.15) is 0 Å². The summed E-state index contributed by atoms with van der Waals surface area (Å²) in [5, 5.41) is 0. The molecule has 3 heteroatoms. The molecule has 0 bridgehead atoms. The Hall–Kier alpha value is -0.930. The Morgan fingerprint density at radius 3 is 2.70 bits per heavy atom. The molecule has 1 fully saturated rings. The van der Waals surface area contributed by atoms with E-state index in [1.807, 2.05) is 12.1 Å². The summed E-state index contributed by atoms with van der Waals surface area (Å²) in [7, 11) is 0. The fraction of sp³-hybridized carbons (Fsp3) is 0.647. The molecule has 1 aromatic rings. The average Bonchev–Trinajstić information content (AvgIpc) is 2.39. The van der Waals surface area contributed by atoms with E-state index in [4.69, 9.17) is 5.73 Å². The normalized spacial score (nSPS) is 17.2. The van der Waals surface area contributed by atoms with Gasteiger partial charge in [0.25, 0.3) is 0 Å². The number of nitrogens with zero attached hydrogens (tertiary/aromatic N) is 1. The summed E-state index contributed by atoms with van der Waals surface area (Å²) in [6.45, 7) is 7.26. The number of rotatable bonds is 7. The van der Waals surface area contributed by atoms with E-state index in [1.165, 1.54) is 25.8 Å². The second kappa shape index (κ2) is 7.19. The van der Waals surface area contributed by atoms with Crippen molar-refractivity contribution in [3.8, 4) is 0 Å². The van der Waals surface area contributed by atoms with E-state index in [2.05, 4.69) is 11.8 Å². The van der Waals surface area contributed by atoms with Crippen LogP contribution in [-0.4, -0.2) is 24.5 Å². The van der Waals surface area contributed by atoms with Crippen molar-refractivity contribution in [1.29, 1.82) is 0 Å². The zero-order valence-corrected chi connectivity index (χ0v) is 12.7. The van der Waals surface area contributed by atoms with Crippen molar-refractivity contribution in [2.24, 2.45) is 11.7 Å². The minimum Gasteiger partial charge on any atom is -0.324 e. The first-order chi connectivity index (χ1) is 9.60. The van der Waals surface area contributed by atoms with Gasteiger partial charge in [-0.3, -0.25) is 0 Å². The van der Waals surface area contributed by atoms with Crippen molar-refractivity contribution in [3.63, 3.8) is 0 Å². The second-order valence-electron chi connectivity index (χ2n) is 6.09. The van der Waals surface area contributed by atoms with Crippen molar-refractivity contribution in [3.05, 3.63) is 35.1 Å². The molecule has 2 rings (SSSR count). The third kappa shape index (κ3) is 4.03. The fourth-order valence-corrected chi connectivity index (χ4v) is 2.75. The van der Waals surface area contributed by atoms with Crippen LogP contribution in [0.4, 0.5) is 4.39 Å². The van der Waals surface area contributed by atoms with Gasteiger partial charge in [-0.25, -0.2) is 4.39 Å². The molecule has 0 aromatic heterocycles. The lowest BCUT2D eigenvalue weighted by Gasteiger charge is -2.32. The van der Waals surface area contributed by atoms with Crippen LogP contribution in [0.15, 0.2) is 18.2 Å². The van der Waals surface area contributed by atoms with Gasteiger partial charge >= 0.3 is 0 Å². The summed E-state index contributed by atoms with van der Waals surface area (Å²) in [6, 6.07) is 5.28. The lowest BCUT2D eigenvalue weighted by molar-refractivity contribution is 0.180. The summed E-state index contributed by atoms with van der Waals surface area (Å²) >= 11 is 0. The quantitative estimate of drug-likeness (QED) is 0.825. The topological polar surface area (TPSA) is 29.3 Å². The molecule has 2 N–H and O–H groups in total. The number of nitrogens with two attached hydrogens (primary N) is 1. The van der Waals surface area contributed by atoms with E-state index >= 15 is 0 Å². The molecule has 0 heterocycles. The number of hydrogen-bond acceptors (Lipinski definition) is 2. The Morgan fingerprint density at radius 2 is 2.15 bits per heavy atom. The van der Waals surface area contributed by atoms with Crippen LogP contribution in [0.1, 0.15) is 49.8 Å². The first-order valence-corrected chi connectivity index (χ1v) is 7.84. The highest BCUT2D eigenvalue weighted by Gasteiger charge is 2.20. The van der Waals surface area contributed by atoms with E-state index in [-0.39, 0.29) is 11.9 Å². The predicted molar refractivity (Wildman–Crippen MR) is 82.1 cm³/mol. The standard InChI is InChI=1S/C17H27FN2/c1-3-20(12-14-5-4-6-14)10-9-17(19)15-8-7-13(2)16(18)11-15/h7-8,11,14,17H,3-6,9-10,12,19H2,1-2H3. The monoisotopic (exact) mass is 278 g/mol. The van der Waals surface area contributed by atoms with Crippen LogP contribution in [0.5, 0.6) is 0 Å². The van der Waals surface area contributed by atoms with Gasteiger partial charge in [-0.15, -0.1) is 0 Å². The first-order valence-electron chi connectivity index (χ1n) is 7.84. The van der Waals surface area contributed by atoms with Crippen molar-refractivity contribution in [2.45, 2.75) is 45.6 Å². The maximum absolute atomic E-state index is 13.6. The largest absolute Gasteiger partial charge is 0.324 e. The van der Waals surface area contributed by atoms with E-state index in [9.17, 15) is 4.39 Å². The molecule has 0 spiro atoms. The maximum atomic E-state index is 13.6. The number of benzene rings is 1. The Labute approximate surface area is 122 Å². The Kier molecular flexibility index (Phi) is 5.55. The van der Waals surface area contributed by atoms with Crippen LogP contribution in [0.25, 0.3) is 0 Å². The molecule has 1 aromatic carbocycles. The summed E-state index contributed by atoms with van der Waals surface area (Å²) in [5.74, 6) is 0.739. The molecule has 0 saturated heterocycles. The molecule has 2 nitrogen and oxygen atoms in total. The van der Waals surface area contributed by atoms with Gasteiger partial charge in [0.05, 0.1) is 0 Å².